The van der Waals surface area contributed by atoms with Gasteiger partial charge in [-0.1, -0.05) is 51.1 Å². The average molecular weight is 424 g/mol. The van der Waals surface area contributed by atoms with Crippen molar-refractivity contribution in [2.75, 3.05) is 13.1 Å². The van der Waals surface area contributed by atoms with Crippen molar-refractivity contribution in [3.8, 4) is 5.75 Å². The summed E-state index contributed by atoms with van der Waals surface area (Å²) >= 11 is 0. The van der Waals surface area contributed by atoms with Gasteiger partial charge in [0.1, 0.15) is 5.75 Å². The van der Waals surface area contributed by atoms with E-state index in [1.54, 1.807) is 0 Å². The molecule has 1 N–H and O–H groups in total. The summed E-state index contributed by atoms with van der Waals surface area (Å²) < 4.78 is 6.64. The number of carboxylic acid groups (broad SMARTS) is 1. The summed E-state index contributed by atoms with van der Waals surface area (Å²) in [5.41, 5.74) is 1.63. The van der Waals surface area contributed by atoms with Gasteiger partial charge in [-0.25, -0.2) is 0 Å². The highest BCUT2D eigenvalue weighted by atomic mass is 16.5. The smallest absolute Gasteiger partial charge is 0.306 e. The van der Waals surface area contributed by atoms with Crippen molar-refractivity contribution in [3.63, 3.8) is 0 Å². The molecule has 1 aliphatic carbocycles. The monoisotopic (exact) mass is 423 g/mol. The van der Waals surface area contributed by atoms with Crippen LogP contribution in [0.3, 0.4) is 0 Å². The Morgan fingerprint density at radius 2 is 1.68 bits per heavy atom. The van der Waals surface area contributed by atoms with Crippen LogP contribution in [-0.2, 0) is 11.3 Å². The molecule has 4 nitrogen and oxygen atoms in total. The van der Waals surface area contributed by atoms with Crippen molar-refractivity contribution in [1.29, 1.82) is 0 Å². The molecule has 168 valence electrons. The lowest BCUT2D eigenvalue weighted by molar-refractivity contribution is -0.143. The van der Waals surface area contributed by atoms with E-state index >= 15 is 0 Å². The summed E-state index contributed by atoms with van der Waals surface area (Å²) in [6.45, 7) is 9.54. The molecule has 0 unspecified atom stereocenters. The maximum Gasteiger partial charge on any atom is 0.306 e. The van der Waals surface area contributed by atoms with Gasteiger partial charge in [0.05, 0.1) is 12.0 Å². The predicted octanol–water partition coefficient (Wildman–Crippen LogP) is 6.12. The van der Waals surface area contributed by atoms with Crippen LogP contribution in [0.15, 0.2) is 36.4 Å². The van der Waals surface area contributed by atoms with E-state index in [2.05, 4.69) is 62.1 Å². The Morgan fingerprint density at radius 3 is 2.32 bits per heavy atom. The minimum Gasteiger partial charge on any atom is -0.490 e. The highest BCUT2D eigenvalue weighted by molar-refractivity contribution is 5.87. The van der Waals surface area contributed by atoms with Crippen molar-refractivity contribution < 1.29 is 14.6 Å². The zero-order valence-corrected chi connectivity index (χ0v) is 19.3. The van der Waals surface area contributed by atoms with Gasteiger partial charge >= 0.3 is 5.97 Å². The number of benzene rings is 2. The molecule has 4 rings (SSSR count). The second kappa shape index (κ2) is 9.20. The molecule has 2 aromatic rings. The summed E-state index contributed by atoms with van der Waals surface area (Å²) in [6, 6.07) is 12.9. The van der Waals surface area contributed by atoms with Gasteiger partial charge in [0.25, 0.3) is 0 Å². The molecule has 4 heteroatoms. The first kappa shape index (κ1) is 22.1. The first-order valence-electron chi connectivity index (χ1n) is 11.9. The molecule has 31 heavy (non-hydrogen) atoms. The van der Waals surface area contributed by atoms with Crippen LogP contribution in [0.4, 0.5) is 0 Å². The Bertz CT molecular complexity index is 900. The van der Waals surface area contributed by atoms with Crippen LogP contribution in [0.25, 0.3) is 10.8 Å². The highest BCUT2D eigenvalue weighted by Crippen LogP contribution is 2.40. The molecule has 0 amide bonds. The van der Waals surface area contributed by atoms with Crippen molar-refractivity contribution >= 4 is 16.7 Å². The number of likely N-dealkylation sites (tertiary alicyclic amines) is 1. The van der Waals surface area contributed by atoms with Gasteiger partial charge in [0, 0.05) is 12.1 Å². The molecule has 0 aromatic heterocycles. The van der Waals surface area contributed by atoms with Crippen molar-refractivity contribution in [2.24, 2.45) is 17.3 Å². The number of rotatable bonds is 5. The summed E-state index contributed by atoms with van der Waals surface area (Å²) in [5.74, 6) is 0.939. The van der Waals surface area contributed by atoms with Gasteiger partial charge in [-0.15, -0.1) is 0 Å². The number of piperidine rings is 1. The topological polar surface area (TPSA) is 49.8 Å². The second-order valence-electron chi connectivity index (χ2n) is 10.6. The molecular weight excluding hydrogens is 386 g/mol. The van der Waals surface area contributed by atoms with Crippen molar-refractivity contribution in [3.05, 3.63) is 42.0 Å². The molecule has 1 aliphatic heterocycles. The molecule has 2 fully saturated rings. The minimum atomic E-state index is -0.653. The van der Waals surface area contributed by atoms with Crippen LogP contribution in [0, 0.1) is 17.3 Å². The number of aliphatic carboxylic acids is 1. The maximum absolute atomic E-state index is 11.3. The van der Waals surface area contributed by atoms with E-state index in [4.69, 9.17) is 4.74 Å². The molecule has 2 aliphatic rings. The van der Waals surface area contributed by atoms with E-state index in [9.17, 15) is 9.90 Å². The maximum atomic E-state index is 11.3. The zero-order chi connectivity index (χ0) is 22.0. The molecule has 2 aromatic carbocycles. The third-order valence-corrected chi connectivity index (χ3v) is 7.51. The van der Waals surface area contributed by atoms with Gasteiger partial charge < -0.3 is 9.84 Å². The Labute approximate surface area is 186 Å². The van der Waals surface area contributed by atoms with Gasteiger partial charge in [0.15, 0.2) is 0 Å². The van der Waals surface area contributed by atoms with Crippen LogP contribution in [0.2, 0.25) is 0 Å². The Hall–Kier alpha value is -2.07. The van der Waals surface area contributed by atoms with E-state index < -0.39 is 5.97 Å². The third-order valence-electron chi connectivity index (χ3n) is 7.51. The van der Waals surface area contributed by atoms with Crippen molar-refractivity contribution in [1.82, 2.24) is 4.90 Å². The normalized spacial score (nSPS) is 23.7. The fraction of sp³-hybridized carbons (Fsp3) is 0.593. The lowest BCUT2D eigenvalue weighted by Crippen LogP contribution is -2.36. The van der Waals surface area contributed by atoms with E-state index in [-0.39, 0.29) is 12.0 Å². The summed E-state index contributed by atoms with van der Waals surface area (Å²) in [4.78, 5) is 13.7. The van der Waals surface area contributed by atoms with E-state index in [0.29, 0.717) is 5.41 Å². The molecule has 1 saturated carbocycles. The zero-order valence-electron chi connectivity index (χ0n) is 19.3. The summed E-state index contributed by atoms with van der Waals surface area (Å²) in [7, 11) is 0. The molecule has 0 spiro atoms. The molecular formula is C27H37NO3. The number of nitrogens with zero attached hydrogens (tertiary/aromatic N) is 1. The van der Waals surface area contributed by atoms with Gasteiger partial charge in [-0.05, 0) is 79.8 Å². The molecule has 0 atom stereocenters. The van der Waals surface area contributed by atoms with Crippen molar-refractivity contribution in [2.45, 2.75) is 71.9 Å². The third kappa shape index (κ3) is 5.23. The molecule has 0 radical (unpaired) electrons. The van der Waals surface area contributed by atoms with E-state index in [1.807, 2.05) is 0 Å². The first-order chi connectivity index (χ1) is 14.8. The van der Waals surface area contributed by atoms with Gasteiger partial charge in [0.2, 0.25) is 0 Å². The number of fused-ring (bicyclic) bond motifs is 1. The van der Waals surface area contributed by atoms with Gasteiger partial charge in [-0.2, -0.15) is 0 Å². The molecule has 1 heterocycles. The molecule has 0 bridgehead atoms. The quantitative estimate of drug-likeness (QED) is 0.629. The number of hydrogen-bond donors (Lipinski definition) is 1. The lowest BCUT2D eigenvalue weighted by Gasteiger charge is -2.37. The number of carbonyl (C=O) groups is 1. The Balaban J connectivity index is 1.51. The van der Waals surface area contributed by atoms with Crippen LogP contribution < -0.4 is 4.74 Å². The van der Waals surface area contributed by atoms with Gasteiger partial charge in [-0.3, -0.25) is 9.69 Å². The Morgan fingerprint density at radius 1 is 1.00 bits per heavy atom. The Kier molecular flexibility index (Phi) is 6.57. The highest BCUT2D eigenvalue weighted by Gasteiger charge is 2.31. The lowest BCUT2D eigenvalue weighted by atomic mass is 9.72. The fourth-order valence-electron chi connectivity index (χ4n) is 5.38. The van der Waals surface area contributed by atoms with Crippen LogP contribution in [0.1, 0.15) is 64.9 Å². The molecule has 1 saturated heterocycles. The number of ether oxygens (including phenoxy) is 1. The van der Waals surface area contributed by atoms with E-state index in [0.717, 1.165) is 57.0 Å². The first-order valence-corrected chi connectivity index (χ1v) is 11.9. The largest absolute Gasteiger partial charge is 0.490 e. The average Bonchev–Trinajstić information content (AvgIpc) is 2.75. The fourth-order valence-corrected chi connectivity index (χ4v) is 5.38. The standard InChI is InChI=1S/C27H37NO3/c1-27(2,3)21-9-11-22(12-10-21)31-25-13-8-19-6-4-5-7-23(19)24(25)18-28-16-14-20(15-17-28)26(29)30/h4-8,13,20-22H,9-12,14-18H2,1-3H3,(H,29,30)/t21-,22-. The van der Waals surface area contributed by atoms with Crippen LogP contribution in [0.5, 0.6) is 5.75 Å². The summed E-state index contributed by atoms with van der Waals surface area (Å²) in [6.07, 6.45) is 6.46. The number of carboxylic acids is 1. The predicted molar refractivity (Wildman–Crippen MR) is 125 cm³/mol. The van der Waals surface area contributed by atoms with E-state index in [1.165, 1.54) is 29.2 Å². The van der Waals surface area contributed by atoms with Crippen LogP contribution >= 0.6 is 0 Å². The second-order valence-corrected chi connectivity index (χ2v) is 10.6. The number of hydrogen-bond acceptors (Lipinski definition) is 3. The minimum absolute atomic E-state index is 0.197. The SMILES string of the molecule is CC(C)(C)[C@H]1CC[C@H](Oc2ccc3ccccc3c2CN2CCC(C(=O)O)CC2)CC1. The van der Waals surface area contributed by atoms with Crippen LogP contribution in [-0.4, -0.2) is 35.2 Å². The summed E-state index contributed by atoms with van der Waals surface area (Å²) in [5, 5.41) is 11.8.